The minimum absolute atomic E-state index is 0.00806. The summed E-state index contributed by atoms with van der Waals surface area (Å²) in [6, 6.07) is 0.00806. The zero-order chi connectivity index (χ0) is 19.6. The van der Waals surface area contributed by atoms with Gasteiger partial charge in [0, 0.05) is 51.2 Å². The first-order valence-electron chi connectivity index (χ1n) is 10.9. The summed E-state index contributed by atoms with van der Waals surface area (Å²) in [5.41, 5.74) is 0. The average molecular weight is 415 g/mol. The molecule has 1 amide bonds. The molecule has 0 radical (unpaired) electrons. The van der Waals surface area contributed by atoms with Gasteiger partial charge in [-0.1, -0.05) is 6.42 Å². The second-order valence-electron chi connectivity index (χ2n) is 8.53. The molecule has 3 heterocycles. The number of carbonyl (C=O) groups excluding carboxylic acids is 1. The fourth-order valence-electron chi connectivity index (χ4n) is 4.58. The van der Waals surface area contributed by atoms with E-state index >= 15 is 0 Å². The van der Waals surface area contributed by atoms with Gasteiger partial charge in [0.2, 0.25) is 5.91 Å². The van der Waals surface area contributed by atoms with E-state index in [1.165, 1.54) is 23.6 Å². The van der Waals surface area contributed by atoms with Crippen LogP contribution in [0.25, 0.3) is 0 Å². The van der Waals surface area contributed by atoms with Gasteiger partial charge in [-0.05, 0) is 45.2 Å². The summed E-state index contributed by atoms with van der Waals surface area (Å²) in [7, 11) is -3.46. The minimum Gasteiger partial charge on any atom is -0.379 e. The Morgan fingerprint density at radius 3 is 2.32 bits per heavy atom. The van der Waals surface area contributed by atoms with Crippen molar-refractivity contribution in [3.05, 3.63) is 0 Å². The Labute approximate surface area is 168 Å². The van der Waals surface area contributed by atoms with Crippen molar-refractivity contribution in [3.8, 4) is 0 Å². The van der Waals surface area contributed by atoms with Crippen LogP contribution in [0.15, 0.2) is 0 Å². The number of ether oxygens (including phenoxy) is 1. The Bertz CT molecular complexity index is 642. The van der Waals surface area contributed by atoms with Crippen LogP contribution in [0.5, 0.6) is 0 Å². The molecule has 9 heteroatoms. The van der Waals surface area contributed by atoms with Gasteiger partial charge >= 0.3 is 0 Å². The van der Waals surface area contributed by atoms with Crippen molar-refractivity contribution < 1.29 is 17.9 Å². The van der Waals surface area contributed by atoms with Gasteiger partial charge in [-0.15, -0.1) is 0 Å². The normalized spacial score (nSPS) is 28.5. The quantitative estimate of drug-likeness (QED) is 0.602. The molecule has 4 fully saturated rings. The van der Waals surface area contributed by atoms with E-state index in [9.17, 15) is 13.2 Å². The Balaban J connectivity index is 1.38. The lowest BCUT2D eigenvalue weighted by molar-refractivity contribution is -0.135. The van der Waals surface area contributed by atoms with Crippen molar-refractivity contribution in [1.29, 1.82) is 0 Å². The van der Waals surface area contributed by atoms with Gasteiger partial charge < -0.3 is 14.5 Å². The third kappa shape index (κ3) is 4.70. The maximum atomic E-state index is 13.0. The Hall–Kier alpha value is -0.740. The molecule has 0 bridgehead atoms. The molecule has 3 saturated heterocycles. The molecule has 0 spiro atoms. The number of likely N-dealkylation sites (tertiary alicyclic amines) is 1. The zero-order valence-electron chi connectivity index (χ0n) is 16.8. The standard InChI is InChI=1S/C19H34N4O4S/c24-19(17-4-5-17)23(11-10-20-7-2-1-3-8-20)18-6-9-22(16-18)28(25,26)21-12-14-27-15-13-21/h17-18H,1-16H2. The first-order chi connectivity index (χ1) is 13.6. The van der Waals surface area contributed by atoms with Gasteiger partial charge in [0.15, 0.2) is 0 Å². The van der Waals surface area contributed by atoms with E-state index in [4.69, 9.17) is 4.74 Å². The number of amides is 1. The van der Waals surface area contributed by atoms with E-state index in [1.54, 1.807) is 4.31 Å². The van der Waals surface area contributed by atoms with Crippen LogP contribution in [-0.2, 0) is 19.7 Å². The fourth-order valence-corrected chi connectivity index (χ4v) is 6.22. The number of piperidine rings is 1. The molecule has 4 rings (SSSR count). The Morgan fingerprint density at radius 2 is 1.64 bits per heavy atom. The van der Waals surface area contributed by atoms with Crippen molar-refractivity contribution in [2.24, 2.45) is 5.92 Å². The molecule has 1 saturated carbocycles. The van der Waals surface area contributed by atoms with E-state index in [0.717, 1.165) is 45.4 Å². The molecule has 4 aliphatic rings. The topological polar surface area (TPSA) is 73.4 Å². The molecule has 1 unspecified atom stereocenters. The van der Waals surface area contributed by atoms with Crippen LogP contribution in [0.1, 0.15) is 38.5 Å². The maximum Gasteiger partial charge on any atom is 0.282 e. The molecular formula is C19H34N4O4S. The number of hydrogen-bond acceptors (Lipinski definition) is 5. The molecule has 3 aliphatic heterocycles. The number of hydrogen-bond donors (Lipinski definition) is 0. The maximum absolute atomic E-state index is 13.0. The van der Waals surface area contributed by atoms with Crippen LogP contribution in [0, 0.1) is 5.92 Å². The lowest BCUT2D eigenvalue weighted by Gasteiger charge is -2.34. The van der Waals surface area contributed by atoms with E-state index in [2.05, 4.69) is 4.90 Å². The number of nitrogens with zero attached hydrogens (tertiary/aromatic N) is 4. The van der Waals surface area contributed by atoms with Crippen LogP contribution in [-0.4, -0.2) is 104 Å². The van der Waals surface area contributed by atoms with E-state index in [1.807, 2.05) is 4.90 Å². The molecule has 160 valence electrons. The molecule has 0 aromatic rings. The van der Waals surface area contributed by atoms with Crippen molar-refractivity contribution in [2.75, 3.05) is 65.6 Å². The van der Waals surface area contributed by atoms with Gasteiger partial charge in [0.25, 0.3) is 10.2 Å². The number of carbonyl (C=O) groups is 1. The number of rotatable bonds is 7. The lowest BCUT2D eigenvalue weighted by atomic mass is 10.1. The summed E-state index contributed by atoms with van der Waals surface area (Å²) in [6.07, 6.45) is 6.50. The second kappa shape index (κ2) is 8.95. The van der Waals surface area contributed by atoms with Crippen LogP contribution in [0.2, 0.25) is 0 Å². The highest BCUT2D eigenvalue weighted by Gasteiger charge is 2.42. The predicted molar refractivity (Wildman–Crippen MR) is 106 cm³/mol. The van der Waals surface area contributed by atoms with Gasteiger partial charge in [-0.25, -0.2) is 0 Å². The molecular weight excluding hydrogens is 380 g/mol. The third-order valence-electron chi connectivity index (χ3n) is 6.50. The monoisotopic (exact) mass is 414 g/mol. The predicted octanol–water partition coefficient (Wildman–Crippen LogP) is 0.362. The van der Waals surface area contributed by atoms with Gasteiger partial charge in [-0.2, -0.15) is 17.0 Å². The van der Waals surface area contributed by atoms with Crippen molar-refractivity contribution in [2.45, 2.75) is 44.6 Å². The second-order valence-corrected chi connectivity index (χ2v) is 10.5. The summed E-state index contributed by atoms with van der Waals surface area (Å²) in [4.78, 5) is 17.4. The van der Waals surface area contributed by atoms with Crippen molar-refractivity contribution in [3.63, 3.8) is 0 Å². The summed E-state index contributed by atoms with van der Waals surface area (Å²) in [6.45, 7) is 6.56. The van der Waals surface area contributed by atoms with Crippen molar-refractivity contribution in [1.82, 2.24) is 18.4 Å². The van der Waals surface area contributed by atoms with Crippen LogP contribution in [0.3, 0.4) is 0 Å². The minimum atomic E-state index is -3.46. The third-order valence-corrected chi connectivity index (χ3v) is 8.51. The Morgan fingerprint density at radius 1 is 0.929 bits per heavy atom. The summed E-state index contributed by atoms with van der Waals surface area (Å²) >= 11 is 0. The highest BCUT2D eigenvalue weighted by Crippen LogP contribution is 2.33. The largest absolute Gasteiger partial charge is 0.379 e. The van der Waals surface area contributed by atoms with Gasteiger partial charge in [0.05, 0.1) is 13.2 Å². The Kier molecular flexibility index (Phi) is 6.56. The lowest BCUT2D eigenvalue weighted by Crippen LogP contribution is -2.50. The van der Waals surface area contributed by atoms with Gasteiger partial charge in [-0.3, -0.25) is 4.79 Å². The zero-order valence-corrected chi connectivity index (χ0v) is 17.6. The highest BCUT2D eigenvalue weighted by atomic mass is 32.2. The first-order valence-corrected chi connectivity index (χ1v) is 12.3. The molecule has 1 atom stereocenters. The molecule has 0 aromatic heterocycles. The van der Waals surface area contributed by atoms with Crippen LogP contribution < -0.4 is 0 Å². The number of morpholine rings is 1. The van der Waals surface area contributed by atoms with Gasteiger partial charge in [0.1, 0.15) is 0 Å². The molecule has 0 N–H and O–H groups in total. The molecule has 8 nitrogen and oxygen atoms in total. The summed E-state index contributed by atoms with van der Waals surface area (Å²) in [5, 5.41) is 0. The molecule has 1 aliphatic carbocycles. The van der Waals surface area contributed by atoms with E-state index < -0.39 is 10.2 Å². The highest BCUT2D eigenvalue weighted by molar-refractivity contribution is 7.86. The smallest absolute Gasteiger partial charge is 0.282 e. The van der Waals surface area contributed by atoms with Crippen LogP contribution >= 0.6 is 0 Å². The first kappa shape index (κ1) is 20.5. The van der Waals surface area contributed by atoms with E-state index in [0.29, 0.717) is 39.4 Å². The summed E-state index contributed by atoms with van der Waals surface area (Å²) in [5.74, 6) is 0.416. The average Bonchev–Trinajstić information content (AvgIpc) is 3.46. The van der Waals surface area contributed by atoms with E-state index in [-0.39, 0.29) is 17.9 Å². The van der Waals surface area contributed by atoms with Crippen LogP contribution in [0.4, 0.5) is 0 Å². The fraction of sp³-hybridized carbons (Fsp3) is 0.947. The molecule has 28 heavy (non-hydrogen) atoms. The summed E-state index contributed by atoms with van der Waals surface area (Å²) < 4.78 is 34.3. The SMILES string of the molecule is O=C(C1CC1)N(CCN1CCCCC1)C1CCN(S(=O)(=O)N2CCOCC2)C1. The molecule has 0 aromatic carbocycles. The van der Waals surface area contributed by atoms with Crippen molar-refractivity contribution >= 4 is 16.1 Å².